The highest BCUT2D eigenvalue weighted by Gasteiger charge is 2.05. The molecule has 0 aliphatic carbocycles. The largest absolute Gasteiger partial charge is 0.493 e. The van der Waals surface area contributed by atoms with Crippen LogP contribution in [0.15, 0.2) is 18.2 Å². The van der Waals surface area contributed by atoms with Crippen molar-refractivity contribution in [3.8, 4) is 5.75 Å². The molecule has 1 rings (SSSR count). The summed E-state index contributed by atoms with van der Waals surface area (Å²) >= 11 is 7.70. The van der Waals surface area contributed by atoms with E-state index < -0.39 is 0 Å². The lowest BCUT2D eigenvalue weighted by Gasteiger charge is -2.12. The second kappa shape index (κ2) is 7.02. The third-order valence-corrected chi connectivity index (χ3v) is 3.16. The summed E-state index contributed by atoms with van der Waals surface area (Å²) in [6, 6.07) is 6.09. The van der Waals surface area contributed by atoms with Gasteiger partial charge in [0.15, 0.2) is 0 Å². The van der Waals surface area contributed by atoms with E-state index in [1.807, 2.05) is 23.9 Å². The molecule has 0 radical (unpaired) electrons. The molecular formula is C12H17ClOS. The molecule has 0 aliphatic rings. The van der Waals surface area contributed by atoms with Gasteiger partial charge < -0.3 is 4.74 Å². The molecule has 1 aromatic carbocycles. The minimum atomic E-state index is 0.513. The molecule has 0 spiro atoms. The van der Waals surface area contributed by atoms with E-state index in [4.69, 9.17) is 16.3 Å². The Labute approximate surface area is 101 Å². The van der Waals surface area contributed by atoms with E-state index in [0.717, 1.165) is 35.7 Å². The normalized spacial score (nSPS) is 10.3. The Morgan fingerprint density at radius 2 is 2.20 bits per heavy atom. The zero-order valence-electron chi connectivity index (χ0n) is 9.25. The van der Waals surface area contributed by atoms with Crippen molar-refractivity contribution in [1.82, 2.24) is 0 Å². The van der Waals surface area contributed by atoms with Crippen molar-refractivity contribution in [3.63, 3.8) is 0 Å². The van der Waals surface area contributed by atoms with Gasteiger partial charge in [-0.2, -0.15) is 11.8 Å². The van der Waals surface area contributed by atoms with Gasteiger partial charge in [0.2, 0.25) is 0 Å². The van der Waals surface area contributed by atoms with Gasteiger partial charge in [-0.15, -0.1) is 11.6 Å². The first-order valence-corrected chi connectivity index (χ1v) is 6.98. The molecular weight excluding hydrogens is 228 g/mol. The molecule has 0 unspecified atom stereocenters. The van der Waals surface area contributed by atoms with Crippen molar-refractivity contribution in [1.29, 1.82) is 0 Å². The summed E-state index contributed by atoms with van der Waals surface area (Å²) in [5.74, 6) is 2.62. The summed E-state index contributed by atoms with van der Waals surface area (Å²) < 4.78 is 5.76. The number of aryl methyl sites for hydroxylation is 1. The van der Waals surface area contributed by atoms with Gasteiger partial charge in [-0.3, -0.25) is 0 Å². The summed E-state index contributed by atoms with van der Waals surface area (Å²) in [5, 5.41) is 0. The first kappa shape index (κ1) is 12.7. The second-order valence-electron chi connectivity index (χ2n) is 3.39. The summed E-state index contributed by atoms with van der Waals surface area (Å²) in [6.45, 7) is 2.83. The average Bonchev–Trinajstić information content (AvgIpc) is 2.26. The van der Waals surface area contributed by atoms with Crippen LogP contribution in [0.4, 0.5) is 0 Å². The molecule has 0 atom stereocenters. The average molecular weight is 245 g/mol. The lowest BCUT2D eigenvalue weighted by molar-refractivity contribution is 0.314. The van der Waals surface area contributed by atoms with Crippen molar-refractivity contribution >= 4 is 23.4 Å². The fourth-order valence-corrected chi connectivity index (χ4v) is 2.02. The number of hydrogen-bond acceptors (Lipinski definition) is 2. The molecule has 0 heterocycles. The molecule has 0 N–H and O–H groups in total. The highest BCUT2D eigenvalue weighted by Crippen LogP contribution is 2.24. The molecule has 0 aromatic heterocycles. The van der Waals surface area contributed by atoms with Crippen molar-refractivity contribution in [2.45, 2.75) is 19.2 Å². The molecule has 84 valence electrons. The van der Waals surface area contributed by atoms with Gasteiger partial charge in [0.1, 0.15) is 5.75 Å². The first-order valence-electron chi connectivity index (χ1n) is 5.05. The van der Waals surface area contributed by atoms with Gasteiger partial charge in [-0.05, 0) is 30.9 Å². The van der Waals surface area contributed by atoms with E-state index in [1.165, 1.54) is 0 Å². The van der Waals surface area contributed by atoms with Crippen LogP contribution in [0, 0.1) is 6.92 Å². The Bertz CT molecular complexity index is 302. The molecule has 15 heavy (non-hydrogen) atoms. The van der Waals surface area contributed by atoms with Crippen LogP contribution < -0.4 is 4.74 Å². The van der Waals surface area contributed by atoms with Crippen molar-refractivity contribution in [2.24, 2.45) is 0 Å². The number of thioether (sulfide) groups is 1. The van der Waals surface area contributed by atoms with Crippen LogP contribution in [0.25, 0.3) is 0 Å². The number of ether oxygens (including phenoxy) is 1. The SMILES string of the molecule is CSCCCOc1c(C)cccc1CCl. The quantitative estimate of drug-likeness (QED) is 0.555. The van der Waals surface area contributed by atoms with Crippen LogP contribution >= 0.6 is 23.4 Å². The Morgan fingerprint density at radius 3 is 2.87 bits per heavy atom. The first-order chi connectivity index (χ1) is 7.29. The highest BCUT2D eigenvalue weighted by molar-refractivity contribution is 7.98. The lowest BCUT2D eigenvalue weighted by Crippen LogP contribution is -2.02. The Morgan fingerprint density at radius 1 is 1.40 bits per heavy atom. The minimum absolute atomic E-state index is 0.513. The van der Waals surface area contributed by atoms with E-state index in [9.17, 15) is 0 Å². The third-order valence-electron chi connectivity index (χ3n) is 2.18. The topological polar surface area (TPSA) is 9.23 Å². The van der Waals surface area contributed by atoms with Crippen LogP contribution in [0.1, 0.15) is 17.5 Å². The van der Waals surface area contributed by atoms with E-state index in [1.54, 1.807) is 0 Å². The van der Waals surface area contributed by atoms with E-state index in [2.05, 4.69) is 19.2 Å². The number of rotatable bonds is 6. The van der Waals surface area contributed by atoms with Gasteiger partial charge in [0.25, 0.3) is 0 Å². The molecule has 0 fully saturated rings. The fraction of sp³-hybridized carbons (Fsp3) is 0.500. The minimum Gasteiger partial charge on any atom is -0.493 e. The van der Waals surface area contributed by atoms with E-state index >= 15 is 0 Å². The van der Waals surface area contributed by atoms with Crippen LogP contribution in [-0.4, -0.2) is 18.6 Å². The summed E-state index contributed by atoms with van der Waals surface area (Å²) in [4.78, 5) is 0. The molecule has 0 amide bonds. The van der Waals surface area contributed by atoms with Gasteiger partial charge in [0, 0.05) is 5.56 Å². The third kappa shape index (κ3) is 3.96. The summed E-state index contributed by atoms with van der Waals surface area (Å²) in [6.07, 6.45) is 3.19. The maximum atomic E-state index is 5.86. The van der Waals surface area contributed by atoms with Crippen LogP contribution in [-0.2, 0) is 5.88 Å². The zero-order chi connectivity index (χ0) is 11.1. The standard InChI is InChI=1S/C12H17ClOS/c1-10-5-3-6-11(9-13)12(10)14-7-4-8-15-2/h3,5-6H,4,7-9H2,1-2H3. The molecule has 0 aliphatic heterocycles. The molecule has 0 saturated heterocycles. The summed E-state index contributed by atoms with van der Waals surface area (Å²) in [5.41, 5.74) is 2.25. The molecule has 0 bridgehead atoms. The van der Waals surface area contributed by atoms with Crippen molar-refractivity contribution in [3.05, 3.63) is 29.3 Å². The maximum absolute atomic E-state index is 5.86. The van der Waals surface area contributed by atoms with E-state index in [0.29, 0.717) is 5.88 Å². The number of hydrogen-bond donors (Lipinski definition) is 0. The van der Waals surface area contributed by atoms with Crippen molar-refractivity contribution < 1.29 is 4.74 Å². The van der Waals surface area contributed by atoms with Gasteiger partial charge in [0.05, 0.1) is 12.5 Å². The van der Waals surface area contributed by atoms with Crippen LogP contribution in [0.3, 0.4) is 0 Å². The predicted molar refractivity (Wildman–Crippen MR) is 69.2 cm³/mol. The lowest BCUT2D eigenvalue weighted by atomic mass is 10.1. The Hall–Kier alpha value is -0.340. The van der Waals surface area contributed by atoms with Gasteiger partial charge >= 0.3 is 0 Å². The van der Waals surface area contributed by atoms with Crippen LogP contribution in [0.5, 0.6) is 5.75 Å². The van der Waals surface area contributed by atoms with E-state index in [-0.39, 0.29) is 0 Å². The maximum Gasteiger partial charge on any atom is 0.126 e. The predicted octanol–water partition coefficient (Wildman–Crippen LogP) is 3.87. The molecule has 1 nitrogen and oxygen atoms in total. The Kier molecular flexibility index (Phi) is 5.96. The number of alkyl halides is 1. The zero-order valence-corrected chi connectivity index (χ0v) is 10.8. The van der Waals surface area contributed by atoms with Gasteiger partial charge in [-0.1, -0.05) is 18.2 Å². The summed E-state index contributed by atoms with van der Waals surface area (Å²) in [7, 11) is 0. The second-order valence-corrected chi connectivity index (χ2v) is 4.64. The number of para-hydroxylation sites is 1. The number of halogens is 1. The van der Waals surface area contributed by atoms with Crippen LogP contribution in [0.2, 0.25) is 0 Å². The Balaban J connectivity index is 2.58. The molecule has 3 heteroatoms. The van der Waals surface area contributed by atoms with Gasteiger partial charge in [-0.25, -0.2) is 0 Å². The molecule has 1 aromatic rings. The smallest absolute Gasteiger partial charge is 0.126 e. The van der Waals surface area contributed by atoms with Crippen molar-refractivity contribution in [2.75, 3.05) is 18.6 Å². The number of benzene rings is 1. The fourth-order valence-electron chi connectivity index (χ4n) is 1.40. The highest BCUT2D eigenvalue weighted by atomic mass is 35.5. The molecule has 0 saturated carbocycles. The monoisotopic (exact) mass is 244 g/mol.